The highest BCUT2D eigenvalue weighted by Gasteiger charge is 2.18. The van der Waals surface area contributed by atoms with Gasteiger partial charge in [0.1, 0.15) is 0 Å². The van der Waals surface area contributed by atoms with Gasteiger partial charge in [-0.05, 0) is 68.8 Å². The van der Waals surface area contributed by atoms with Crippen LogP contribution in [-0.4, -0.2) is 25.0 Å². The van der Waals surface area contributed by atoms with Crippen molar-refractivity contribution in [2.75, 3.05) is 13.1 Å². The topological polar surface area (TPSA) is 41.1 Å². The molecule has 1 aliphatic heterocycles. The van der Waals surface area contributed by atoms with Gasteiger partial charge in [0.25, 0.3) is 5.91 Å². The molecule has 22 heavy (non-hydrogen) atoms. The Morgan fingerprint density at radius 1 is 1.14 bits per heavy atom. The molecule has 1 aromatic rings. The summed E-state index contributed by atoms with van der Waals surface area (Å²) in [7, 11) is 0. The van der Waals surface area contributed by atoms with Gasteiger partial charge >= 0.3 is 0 Å². The molecule has 0 radical (unpaired) electrons. The first-order chi connectivity index (χ1) is 10.3. The van der Waals surface area contributed by atoms with Crippen LogP contribution in [0.15, 0.2) is 24.3 Å². The summed E-state index contributed by atoms with van der Waals surface area (Å²) < 4.78 is 0. The van der Waals surface area contributed by atoms with Gasteiger partial charge in [-0.2, -0.15) is 0 Å². The third-order valence-corrected chi connectivity index (χ3v) is 4.86. The van der Waals surface area contributed by atoms with Crippen molar-refractivity contribution in [2.24, 2.45) is 5.92 Å². The number of rotatable bonds is 4. The molecule has 1 aromatic carbocycles. The van der Waals surface area contributed by atoms with Crippen LogP contribution in [0, 0.1) is 5.92 Å². The van der Waals surface area contributed by atoms with Crippen molar-refractivity contribution >= 4 is 18.3 Å². The van der Waals surface area contributed by atoms with E-state index in [1.54, 1.807) is 0 Å². The minimum Gasteiger partial charge on any atom is -0.349 e. The smallest absolute Gasteiger partial charge is 0.251 e. The van der Waals surface area contributed by atoms with Crippen LogP contribution in [0.25, 0.3) is 0 Å². The summed E-state index contributed by atoms with van der Waals surface area (Å²) in [6, 6.07) is 8.61. The van der Waals surface area contributed by atoms with Gasteiger partial charge in [-0.3, -0.25) is 4.79 Å². The molecular formula is C18H27ClN2O. The number of nitrogens with one attached hydrogen (secondary N) is 2. The zero-order chi connectivity index (χ0) is 14.5. The van der Waals surface area contributed by atoms with Crippen LogP contribution < -0.4 is 10.6 Å². The minimum atomic E-state index is 0. The molecule has 2 fully saturated rings. The zero-order valence-electron chi connectivity index (χ0n) is 13.1. The van der Waals surface area contributed by atoms with Crippen LogP contribution >= 0.6 is 12.4 Å². The average molecular weight is 323 g/mol. The highest BCUT2D eigenvalue weighted by atomic mass is 35.5. The summed E-state index contributed by atoms with van der Waals surface area (Å²) >= 11 is 0. The maximum absolute atomic E-state index is 12.3. The number of carbonyl (C=O) groups excluding carboxylic acids is 1. The molecule has 3 rings (SSSR count). The van der Waals surface area contributed by atoms with Crippen molar-refractivity contribution in [3.8, 4) is 0 Å². The lowest BCUT2D eigenvalue weighted by Crippen LogP contribution is -2.32. The summed E-state index contributed by atoms with van der Waals surface area (Å²) in [5.41, 5.74) is 2.13. The number of halogens is 1. The molecule has 1 heterocycles. The molecule has 1 amide bonds. The lowest BCUT2D eigenvalue weighted by molar-refractivity contribution is 0.0937. The summed E-state index contributed by atoms with van der Waals surface area (Å²) in [4.78, 5) is 12.3. The van der Waals surface area contributed by atoms with E-state index in [1.807, 2.05) is 12.1 Å². The van der Waals surface area contributed by atoms with Gasteiger partial charge < -0.3 is 10.6 Å². The van der Waals surface area contributed by atoms with E-state index in [9.17, 15) is 4.79 Å². The van der Waals surface area contributed by atoms with Gasteiger partial charge in [0, 0.05) is 11.6 Å². The molecule has 1 saturated heterocycles. The summed E-state index contributed by atoms with van der Waals surface area (Å²) in [6.45, 7) is 2.26. The van der Waals surface area contributed by atoms with Crippen molar-refractivity contribution in [3.63, 3.8) is 0 Å². The Bertz CT molecular complexity index is 480. The van der Waals surface area contributed by atoms with E-state index in [2.05, 4.69) is 22.8 Å². The second-order valence-electron chi connectivity index (χ2n) is 6.55. The molecule has 0 unspecified atom stereocenters. The molecule has 1 saturated carbocycles. The van der Waals surface area contributed by atoms with Gasteiger partial charge in [0.05, 0.1) is 0 Å². The third-order valence-electron chi connectivity index (χ3n) is 4.86. The van der Waals surface area contributed by atoms with E-state index in [0.29, 0.717) is 6.04 Å². The Labute approximate surface area is 139 Å². The average Bonchev–Trinajstić information content (AvgIpc) is 3.01. The molecular weight excluding hydrogens is 296 g/mol. The van der Waals surface area contributed by atoms with Crippen molar-refractivity contribution in [3.05, 3.63) is 35.4 Å². The van der Waals surface area contributed by atoms with Gasteiger partial charge in [0.2, 0.25) is 0 Å². The molecule has 0 aromatic heterocycles. The standard InChI is InChI=1S/C18H26N2O.ClH/c21-18(20-17-6-1-2-7-17)16-5-3-4-15(13-16)12-14-8-10-19-11-9-14;/h3-5,13-14,17,19H,1-2,6-12H2,(H,20,21);1H. The molecule has 3 nitrogen and oxygen atoms in total. The second-order valence-corrected chi connectivity index (χ2v) is 6.55. The first-order valence-electron chi connectivity index (χ1n) is 8.42. The summed E-state index contributed by atoms with van der Waals surface area (Å²) in [6.07, 6.45) is 8.38. The van der Waals surface area contributed by atoms with Crippen molar-refractivity contribution in [1.82, 2.24) is 10.6 Å². The summed E-state index contributed by atoms with van der Waals surface area (Å²) in [5.74, 6) is 0.869. The fourth-order valence-electron chi connectivity index (χ4n) is 3.60. The van der Waals surface area contributed by atoms with Crippen LogP contribution in [0.2, 0.25) is 0 Å². The van der Waals surface area contributed by atoms with E-state index in [0.717, 1.165) is 43.8 Å². The normalized spacial score (nSPS) is 19.6. The molecule has 122 valence electrons. The molecule has 2 N–H and O–H groups in total. The Morgan fingerprint density at radius 2 is 1.86 bits per heavy atom. The van der Waals surface area contributed by atoms with Gasteiger partial charge in [-0.15, -0.1) is 12.4 Å². The van der Waals surface area contributed by atoms with Crippen molar-refractivity contribution in [2.45, 2.75) is 51.0 Å². The highest BCUT2D eigenvalue weighted by Crippen LogP contribution is 2.20. The Balaban J connectivity index is 0.00000176. The first-order valence-corrected chi connectivity index (χ1v) is 8.42. The minimum absolute atomic E-state index is 0. The van der Waals surface area contributed by atoms with Crippen LogP contribution in [0.3, 0.4) is 0 Å². The Morgan fingerprint density at radius 3 is 2.59 bits per heavy atom. The van der Waals surface area contributed by atoms with Crippen molar-refractivity contribution in [1.29, 1.82) is 0 Å². The monoisotopic (exact) mass is 322 g/mol. The number of hydrogen-bond acceptors (Lipinski definition) is 2. The van der Waals surface area contributed by atoms with Gasteiger partial charge in [-0.25, -0.2) is 0 Å². The van der Waals surface area contributed by atoms with Gasteiger partial charge in [-0.1, -0.05) is 25.0 Å². The van der Waals surface area contributed by atoms with Crippen LogP contribution in [0.5, 0.6) is 0 Å². The lowest BCUT2D eigenvalue weighted by Gasteiger charge is -2.22. The van der Waals surface area contributed by atoms with Crippen molar-refractivity contribution < 1.29 is 4.79 Å². The number of piperidine rings is 1. The van der Waals surface area contributed by atoms with E-state index in [-0.39, 0.29) is 18.3 Å². The fraction of sp³-hybridized carbons (Fsp3) is 0.611. The predicted octanol–water partition coefficient (Wildman–Crippen LogP) is 3.32. The maximum Gasteiger partial charge on any atom is 0.251 e. The lowest BCUT2D eigenvalue weighted by atomic mass is 9.90. The van der Waals surface area contributed by atoms with Crippen LogP contribution in [-0.2, 0) is 6.42 Å². The Hall–Kier alpha value is -1.06. The third kappa shape index (κ3) is 4.72. The molecule has 0 spiro atoms. The zero-order valence-corrected chi connectivity index (χ0v) is 14.0. The SMILES string of the molecule is Cl.O=C(NC1CCCC1)c1cccc(CC2CCNCC2)c1. The second kappa shape index (κ2) is 8.54. The maximum atomic E-state index is 12.3. The summed E-state index contributed by atoms with van der Waals surface area (Å²) in [5, 5.41) is 6.58. The van der Waals surface area contributed by atoms with E-state index in [1.165, 1.54) is 31.2 Å². The van der Waals surface area contributed by atoms with Crippen LogP contribution in [0.4, 0.5) is 0 Å². The Kier molecular flexibility index (Phi) is 6.71. The number of carbonyl (C=O) groups is 1. The largest absolute Gasteiger partial charge is 0.349 e. The van der Waals surface area contributed by atoms with E-state index < -0.39 is 0 Å². The molecule has 0 atom stereocenters. The highest BCUT2D eigenvalue weighted by molar-refractivity contribution is 5.94. The predicted molar refractivity (Wildman–Crippen MR) is 92.7 cm³/mol. The van der Waals surface area contributed by atoms with Gasteiger partial charge in [0.15, 0.2) is 0 Å². The fourth-order valence-corrected chi connectivity index (χ4v) is 3.60. The van der Waals surface area contributed by atoms with E-state index in [4.69, 9.17) is 0 Å². The molecule has 4 heteroatoms. The van der Waals surface area contributed by atoms with Crippen LogP contribution in [0.1, 0.15) is 54.4 Å². The van der Waals surface area contributed by atoms with E-state index >= 15 is 0 Å². The molecule has 2 aliphatic rings. The number of benzene rings is 1. The molecule has 1 aliphatic carbocycles. The number of hydrogen-bond donors (Lipinski definition) is 2. The quantitative estimate of drug-likeness (QED) is 0.892. The molecule has 0 bridgehead atoms. The number of amides is 1. The first kappa shape index (κ1) is 17.3.